The molecule has 0 rings (SSSR count). The van der Waals surface area contributed by atoms with E-state index in [1.807, 2.05) is 6.92 Å². The Morgan fingerprint density at radius 3 is 2.42 bits per heavy atom. The van der Waals surface area contributed by atoms with Crippen LogP contribution in [0.25, 0.3) is 0 Å². The minimum absolute atomic E-state index is 0.313. The van der Waals surface area contributed by atoms with Crippen molar-refractivity contribution >= 4 is 23.1 Å². The molecular weight excluding hydrogens is 172 g/mol. The largest absolute Gasteiger partial charge is 0.462 e. The molecular formula is C9H14O2S. The summed E-state index contributed by atoms with van der Waals surface area (Å²) in [7, 11) is 0. The first-order valence-electron chi connectivity index (χ1n) is 4.03. The van der Waals surface area contributed by atoms with Gasteiger partial charge in [0.2, 0.25) is 0 Å². The monoisotopic (exact) mass is 186 g/mol. The molecule has 0 saturated heterocycles. The number of carbonyl (C=O) groups is 1. The number of thiocarbonyl (C=S) groups is 1. The molecule has 0 bridgehead atoms. The Morgan fingerprint density at radius 2 is 2.08 bits per heavy atom. The van der Waals surface area contributed by atoms with Crippen LogP contribution in [0.1, 0.15) is 27.2 Å². The number of esters is 1. The molecule has 0 N–H and O–H groups in total. The van der Waals surface area contributed by atoms with Gasteiger partial charge >= 0.3 is 5.97 Å². The minimum atomic E-state index is -0.313. The van der Waals surface area contributed by atoms with Crippen molar-refractivity contribution in [1.82, 2.24) is 0 Å². The number of hydrogen-bond donors (Lipinski definition) is 0. The summed E-state index contributed by atoms with van der Waals surface area (Å²) < 4.78 is 4.82. The zero-order valence-electron chi connectivity index (χ0n) is 7.72. The molecule has 0 unspecified atom stereocenters. The summed E-state index contributed by atoms with van der Waals surface area (Å²) in [6.07, 6.45) is 2.40. The molecule has 3 heteroatoms. The first-order chi connectivity index (χ1) is 5.67. The van der Waals surface area contributed by atoms with Gasteiger partial charge in [-0.15, -0.1) is 0 Å². The van der Waals surface area contributed by atoms with Gasteiger partial charge < -0.3 is 4.74 Å². The van der Waals surface area contributed by atoms with Crippen LogP contribution in [-0.2, 0) is 9.53 Å². The van der Waals surface area contributed by atoms with Crippen LogP contribution < -0.4 is 0 Å². The summed E-state index contributed by atoms with van der Waals surface area (Å²) in [5, 5.41) is 0. The maximum Gasteiger partial charge on any atom is 0.338 e. The summed E-state index contributed by atoms with van der Waals surface area (Å²) in [5.74, 6) is -0.313. The SMILES string of the molecule is C/C=C(/C(=O)OCC)C(=S)CC. The first-order valence-corrected chi connectivity index (χ1v) is 4.44. The highest BCUT2D eigenvalue weighted by atomic mass is 32.1. The van der Waals surface area contributed by atoms with Crippen LogP contribution in [0.15, 0.2) is 11.6 Å². The van der Waals surface area contributed by atoms with Crippen molar-refractivity contribution in [3.8, 4) is 0 Å². The third kappa shape index (κ3) is 3.13. The smallest absolute Gasteiger partial charge is 0.338 e. The average molecular weight is 186 g/mol. The standard InChI is InChI=1S/C9H14O2S/c1-4-7(8(12)5-2)9(10)11-6-3/h4H,5-6H2,1-3H3/b7-4+. The van der Waals surface area contributed by atoms with Crippen LogP contribution in [0.3, 0.4) is 0 Å². The quantitative estimate of drug-likeness (QED) is 0.383. The highest BCUT2D eigenvalue weighted by molar-refractivity contribution is 7.81. The van der Waals surface area contributed by atoms with Crippen molar-refractivity contribution in [2.75, 3.05) is 6.61 Å². The molecule has 0 aromatic rings. The average Bonchev–Trinajstić information content (AvgIpc) is 2.06. The Morgan fingerprint density at radius 1 is 1.50 bits per heavy atom. The van der Waals surface area contributed by atoms with E-state index >= 15 is 0 Å². The molecule has 0 aromatic carbocycles. The van der Waals surface area contributed by atoms with Crippen molar-refractivity contribution in [2.45, 2.75) is 27.2 Å². The number of carbonyl (C=O) groups excluding carboxylic acids is 1. The van der Waals surface area contributed by atoms with Gasteiger partial charge in [-0.05, 0) is 20.3 Å². The van der Waals surface area contributed by atoms with Crippen LogP contribution in [0, 0.1) is 0 Å². The molecule has 0 saturated carbocycles. The van der Waals surface area contributed by atoms with E-state index < -0.39 is 0 Å². The number of ether oxygens (including phenoxy) is 1. The van der Waals surface area contributed by atoms with Crippen LogP contribution in [0.4, 0.5) is 0 Å². The van der Waals surface area contributed by atoms with E-state index in [0.717, 1.165) is 0 Å². The van der Waals surface area contributed by atoms with Crippen LogP contribution in [0.2, 0.25) is 0 Å². The Balaban J connectivity index is 4.37. The predicted molar refractivity (Wildman–Crippen MR) is 53.3 cm³/mol. The van der Waals surface area contributed by atoms with Crippen molar-refractivity contribution in [3.63, 3.8) is 0 Å². The molecule has 0 aromatic heterocycles. The highest BCUT2D eigenvalue weighted by Crippen LogP contribution is 2.04. The third-order valence-electron chi connectivity index (χ3n) is 1.41. The lowest BCUT2D eigenvalue weighted by Crippen LogP contribution is -2.13. The number of hydrogen-bond acceptors (Lipinski definition) is 3. The summed E-state index contributed by atoms with van der Waals surface area (Å²) in [5.41, 5.74) is 0.523. The molecule has 0 heterocycles. The highest BCUT2D eigenvalue weighted by Gasteiger charge is 2.12. The Kier molecular flexibility index (Phi) is 5.54. The molecule has 0 aliphatic rings. The second-order valence-electron chi connectivity index (χ2n) is 2.20. The van der Waals surface area contributed by atoms with Gasteiger partial charge in [0.1, 0.15) is 0 Å². The predicted octanol–water partition coefficient (Wildman–Crippen LogP) is 2.28. The Hall–Kier alpha value is -0.700. The Labute approximate surface area is 78.6 Å². The molecule has 12 heavy (non-hydrogen) atoms. The molecule has 0 aliphatic heterocycles. The fourth-order valence-corrected chi connectivity index (χ4v) is 0.993. The van der Waals surface area contributed by atoms with Crippen molar-refractivity contribution in [3.05, 3.63) is 11.6 Å². The number of allylic oxidation sites excluding steroid dienone is 1. The van der Waals surface area contributed by atoms with E-state index in [-0.39, 0.29) is 5.97 Å². The lowest BCUT2D eigenvalue weighted by atomic mass is 10.1. The number of rotatable bonds is 4. The van der Waals surface area contributed by atoms with Crippen LogP contribution in [-0.4, -0.2) is 17.4 Å². The van der Waals surface area contributed by atoms with Gasteiger partial charge in [0.05, 0.1) is 12.2 Å². The maximum atomic E-state index is 11.2. The van der Waals surface area contributed by atoms with Gasteiger partial charge in [0.25, 0.3) is 0 Å². The van der Waals surface area contributed by atoms with E-state index in [9.17, 15) is 4.79 Å². The first kappa shape index (κ1) is 11.3. The van der Waals surface area contributed by atoms with E-state index in [1.54, 1.807) is 19.9 Å². The molecule has 0 aliphatic carbocycles. The van der Waals surface area contributed by atoms with Gasteiger partial charge in [0, 0.05) is 4.86 Å². The van der Waals surface area contributed by atoms with Crippen molar-refractivity contribution < 1.29 is 9.53 Å². The van der Waals surface area contributed by atoms with Crippen molar-refractivity contribution in [1.29, 1.82) is 0 Å². The van der Waals surface area contributed by atoms with E-state index in [4.69, 9.17) is 17.0 Å². The van der Waals surface area contributed by atoms with Crippen LogP contribution >= 0.6 is 12.2 Å². The lowest BCUT2D eigenvalue weighted by Gasteiger charge is -2.05. The molecule has 0 amide bonds. The Bertz CT molecular complexity index is 207. The summed E-state index contributed by atoms with van der Waals surface area (Å²) in [4.78, 5) is 11.9. The summed E-state index contributed by atoms with van der Waals surface area (Å²) >= 11 is 5.00. The maximum absolute atomic E-state index is 11.2. The van der Waals surface area contributed by atoms with E-state index in [2.05, 4.69) is 0 Å². The van der Waals surface area contributed by atoms with Gasteiger partial charge in [-0.25, -0.2) is 4.79 Å². The van der Waals surface area contributed by atoms with Gasteiger partial charge in [-0.3, -0.25) is 0 Å². The van der Waals surface area contributed by atoms with Gasteiger partial charge in [-0.1, -0.05) is 25.2 Å². The van der Waals surface area contributed by atoms with Crippen LogP contribution in [0.5, 0.6) is 0 Å². The third-order valence-corrected chi connectivity index (χ3v) is 1.91. The van der Waals surface area contributed by atoms with E-state index in [1.165, 1.54) is 0 Å². The lowest BCUT2D eigenvalue weighted by molar-refractivity contribution is -0.137. The fourth-order valence-electron chi connectivity index (χ4n) is 0.792. The summed E-state index contributed by atoms with van der Waals surface area (Å²) in [6, 6.07) is 0. The molecule has 0 fully saturated rings. The minimum Gasteiger partial charge on any atom is -0.462 e. The molecule has 0 spiro atoms. The second kappa shape index (κ2) is 5.89. The summed E-state index contributed by atoms with van der Waals surface area (Å²) in [6.45, 7) is 5.88. The normalized spacial score (nSPS) is 11.1. The van der Waals surface area contributed by atoms with Gasteiger partial charge in [-0.2, -0.15) is 0 Å². The molecule has 0 atom stereocenters. The fraction of sp³-hybridized carbons (Fsp3) is 0.556. The second-order valence-corrected chi connectivity index (χ2v) is 2.69. The topological polar surface area (TPSA) is 26.3 Å². The molecule has 0 radical (unpaired) electrons. The van der Waals surface area contributed by atoms with Crippen molar-refractivity contribution in [2.24, 2.45) is 0 Å². The zero-order valence-corrected chi connectivity index (χ0v) is 8.53. The van der Waals surface area contributed by atoms with Gasteiger partial charge in [0.15, 0.2) is 0 Å². The zero-order chi connectivity index (χ0) is 9.56. The molecule has 2 nitrogen and oxygen atoms in total. The molecule has 68 valence electrons. The van der Waals surface area contributed by atoms with E-state index in [0.29, 0.717) is 23.5 Å².